The maximum Gasteiger partial charge on any atom is 0.0975 e. The number of piperazine rings is 1. The fourth-order valence-corrected chi connectivity index (χ4v) is 10.1. The van der Waals surface area contributed by atoms with E-state index in [4.69, 9.17) is 4.74 Å². The van der Waals surface area contributed by atoms with Crippen LogP contribution in [-0.2, 0) is 17.7 Å². The highest BCUT2D eigenvalue weighted by molar-refractivity contribution is 5.47. The average Bonchev–Trinajstić information content (AvgIpc) is 3.43. The molecule has 0 unspecified atom stereocenters. The van der Waals surface area contributed by atoms with Crippen LogP contribution in [0.2, 0.25) is 0 Å². The lowest BCUT2D eigenvalue weighted by Crippen LogP contribution is -2.58. The second kappa shape index (κ2) is 8.24. The number of likely N-dealkylation sites (N-methyl/N-ethyl adjacent to an activating group) is 1. The molecule has 3 aliphatic carbocycles. The third-order valence-electron chi connectivity index (χ3n) is 12.1. The normalized spacial score (nSPS) is 43.9. The Bertz CT molecular complexity index is 1150. The lowest BCUT2D eigenvalue weighted by atomic mass is 9.59. The molecule has 2 saturated carbocycles. The van der Waals surface area contributed by atoms with Crippen molar-refractivity contribution in [1.82, 2.24) is 19.7 Å². The van der Waals surface area contributed by atoms with Gasteiger partial charge in [0, 0.05) is 63.7 Å². The van der Waals surface area contributed by atoms with Gasteiger partial charge in [0.1, 0.15) is 0 Å². The maximum absolute atomic E-state index is 7.59. The topological polar surface area (TPSA) is 31.8 Å². The highest BCUT2D eigenvalue weighted by atomic mass is 16.5. The number of hydrogen-bond donors (Lipinski definition) is 0. The summed E-state index contributed by atoms with van der Waals surface area (Å²) in [5.74, 6) is 0.640. The molecule has 0 amide bonds. The van der Waals surface area contributed by atoms with Crippen LogP contribution in [-0.4, -0.2) is 82.7 Å². The van der Waals surface area contributed by atoms with Gasteiger partial charge >= 0.3 is 0 Å². The summed E-state index contributed by atoms with van der Waals surface area (Å²) in [5, 5.41) is 0. The first-order valence-electron chi connectivity index (χ1n) is 15.2. The molecule has 5 nitrogen and oxygen atoms in total. The lowest BCUT2D eigenvalue weighted by molar-refractivity contribution is -0.146. The van der Waals surface area contributed by atoms with E-state index in [-0.39, 0.29) is 11.2 Å². The van der Waals surface area contributed by atoms with Crippen LogP contribution in [0.1, 0.15) is 69.4 Å². The van der Waals surface area contributed by atoms with Gasteiger partial charge in [0.25, 0.3) is 0 Å². The van der Waals surface area contributed by atoms with Crippen molar-refractivity contribution in [1.29, 1.82) is 0 Å². The standard InChI is InChI=1S/C32H44N4O/c1-30-10-7-26-19-25-3-4-27(35-17-15-34(2)16-18-35)20-31(25)11-12-32(26,37-31)28(30)5-6-29(30)36-14-9-23-8-13-33-21-24(23)22-36/h7-8,13,19,21,27-29H,3-6,9-12,14-18,20,22H2,1-2H3/t27-,28-,29+,30+,31-,32-/m1/s1. The van der Waals surface area contributed by atoms with Crippen molar-refractivity contribution in [2.24, 2.45) is 11.3 Å². The van der Waals surface area contributed by atoms with Crippen LogP contribution in [0.5, 0.6) is 0 Å². The van der Waals surface area contributed by atoms with Gasteiger partial charge in [0.2, 0.25) is 0 Å². The van der Waals surface area contributed by atoms with Gasteiger partial charge in [0.15, 0.2) is 0 Å². The number of ether oxygens (including phenoxy) is 1. The molecule has 4 fully saturated rings. The van der Waals surface area contributed by atoms with Crippen molar-refractivity contribution >= 4 is 0 Å². The van der Waals surface area contributed by atoms with Crippen LogP contribution >= 0.6 is 0 Å². The SMILES string of the molecule is CN1CCN([C@@H]2CCC3=CC4=CC[C@]5(C)[C@@H](N6CCc7ccncc7C6)CC[C@H]5[C@@]45CC[C@]3(C2)O5)CC1. The molecular formula is C32H44N4O. The number of fused-ring (bicyclic) bond motifs is 2. The summed E-state index contributed by atoms with van der Waals surface area (Å²) in [6.45, 7) is 9.76. The number of rotatable bonds is 2. The Morgan fingerprint density at radius 3 is 2.76 bits per heavy atom. The highest BCUT2D eigenvalue weighted by Gasteiger charge is 2.67. The molecule has 8 rings (SSSR count). The van der Waals surface area contributed by atoms with Gasteiger partial charge in [-0.1, -0.05) is 19.1 Å². The summed E-state index contributed by atoms with van der Waals surface area (Å²) in [6, 6.07) is 3.57. The van der Waals surface area contributed by atoms with Crippen molar-refractivity contribution in [3.8, 4) is 0 Å². The third-order valence-corrected chi connectivity index (χ3v) is 12.1. The molecule has 37 heavy (non-hydrogen) atoms. The van der Waals surface area contributed by atoms with Gasteiger partial charge in [-0.05, 0) is 105 Å². The monoisotopic (exact) mass is 500 g/mol. The van der Waals surface area contributed by atoms with E-state index in [9.17, 15) is 0 Å². The highest BCUT2D eigenvalue weighted by Crippen LogP contribution is 2.67. The van der Waals surface area contributed by atoms with Crippen LogP contribution in [0.25, 0.3) is 0 Å². The van der Waals surface area contributed by atoms with Gasteiger partial charge in [-0.25, -0.2) is 0 Å². The summed E-state index contributed by atoms with van der Waals surface area (Å²) < 4.78 is 7.59. The molecule has 1 aromatic rings. The van der Waals surface area contributed by atoms with E-state index in [1.54, 1.807) is 11.1 Å². The first-order valence-corrected chi connectivity index (χ1v) is 15.2. The zero-order valence-electron chi connectivity index (χ0n) is 22.9. The second-order valence-corrected chi connectivity index (χ2v) is 13.8. The number of pyridine rings is 1. The molecule has 0 aromatic carbocycles. The average molecular weight is 501 g/mol. The summed E-state index contributed by atoms with van der Waals surface area (Å²) in [6.07, 6.45) is 20.6. The van der Waals surface area contributed by atoms with E-state index in [0.29, 0.717) is 23.4 Å². The minimum Gasteiger partial charge on any atom is -0.359 e. The van der Waals surface area contributed by atoms with Crippen LogP contribution in [0.15, 0.2) is 41.8 Å². The minimum absolute atomic E-state index is 0.00960. The molecule has 4 aliphatic heterocycles. The second-order valence-electron chi connectivity index (χ2n) is 13.8. The molecular weight excluding hydrogens is 456 g/mol. The fraction of sp³-hybridized carbons (Fsp3) is 0.719. The van der Waals surface area contributed by atoms with Crippen LogP contribution < -0.4 is 0 Å². The largest absolute Gasteiger partial charge is 0.359 e. The van der Waals surface area contributed by atoms with Crippen molar-refractivity contribution < 1.29 is 4.74 Å². The molecule has 2 bridgehead atoms. The van der Waals surface area contributed by atoms with Gasteiger partial charge in [-0.3, -0.25) is 14.8 Å². The number of allylic oxidation sites excluding steroid dienone is 1. The molecule has 198 valence electrons. The molecule has 5 heteroatoms. The van der Waals surface area contributed by atoms with Gasteiger partial charge < -0.3 is 9.64 Å². The predicted molar refractivity (Wildman–Crippen MR) is 146 cm³/mol. The van der Waals surface area contributed by atoms with E-state index in [1.807, 2.05) is 6.20 Å². The molecule has 1 aromatic heterocycles. The van der Waals surface area contributed by atoms with Crippen molar-refractivity contribution in [3.05, 3.63) is 52.9 Å². The maximum atomic E-state index is 7.59. The Labute approximate surface area is 222 Å². The first kappa shape index (κ1) is 23.4. The van der Waals surface area contributed by atoms with E-state index in [1.165, 1.54) is 102 Å². The third kappa shape index (κ3) is 3.33. The van der Waals surface area contributed by atoms with Crippen molar-refractivity contribution in [2.45, 2.75) is 94.5 Å². The minimum atomic E-state index is -0.0372. The molecule has 0 radical (unpaired) electrons. The van der Waals surface area contributed by atoms with Crippen molar-refractivity contribution in [3.63, 3.8) is 0 Å². The Morgan fingerprint density at radius 1 is 0.973 bits per heavy atom. The molecule has 2 saturated heterocycles. The van der Waals surface area contributed by atoms with Gasteiger partial charge in [0.05, 0.1) is 11.2 Å². The molecule has 6 atom stereocenters. The summed E-state index contributed by atoms with van der Waals surface area (Å²) in [5.41, 5.74) is 6.42. The molecule has 0 N–H and O–H groups in total. The van der Waals surface area contributed by atoms with Crippen LogP contribution in [0.4, 0.5) is 0 Å². The molecule has 5 heterocycles. The Hall–Kier alpha value is -1.53. The fourth-order valence-electron chi connectivity index (χ4n) is 10.1. The van der Waals surface area contributed by atoms with E-state index in [2.05, 4.69) is 58.1 Å². The van der Waals surface area contributed by atoms with Crippen LogP contribution in [0.3, 0.4) is 0 Å². The smallest absolute Gasteiger partial charge is 0.0975 e. The van der Waals surface area contributed by atoms with Gasteiger partial charge in [-0.15, -0.1) is 0 Å². The lowest BCUT2D eigenvalue weighted by Gasteiger charge is -2.56. The first-order chi connectivity index (χ1) is 18.0. The van der Waals surface area contributed by atoms with E-state index >= 15 is 0 Å². The van der Waals surface area contributed by atoms with Crippen LogP contribution in [0, 0.1) is 11.3 Å². The Balaban J connectivity index is 1.07. The zero-order chi connectivity index (χ0) is 24.8. The summed E-state index contributed by atoms with van der Waals surface area (Å²) >= 11 is 0. The molecule has 7 aliphatic rings. The number of hydrogen-bond acceptors (Lipinski definition) is 5. The summed E-state index contributed by atoms with van der Waals surface area (Å²) in [7, 11) is 2.27. The Kier molecular flexibility index (Phi) is 5.20. The van der Waals surface area contributed by atoms with Crippen molar-refractivity contribution in [2.75, 3.05) is 39.8 Å². The number of nitrogens with zero attached hydrogens (tertiary/aromatic N) is 4. The number of aromatic nitrogens is 1. The zero-order valence-corrected chi connectivity index (χ0v) is 22.9. The van der Waals surface area contributed by atoms with E-state index < -0.39 is 0 Å². The predicted octanol–water partition coefficient (Wildman–Crippen LogP) is 4.58. The Morgan fingerprint density at radius 2 is 1.86 bits per heavy atom. The summed E-state index contributed by atoms with van der Waals surface area (Å²) in [4.78, 5) is 12.6. The van der Waals surface area contributed by atoms with E-state index in [0.717, 1.165) is 6.54 Å². The van der Waals surface area contributed by atoms with Gasteiger partial charge in [-0.2, -0.15) is 0 Å². The molecule has 2 spiro atoms. The quantitative estimate of drug-likeness (QED) is 0.593.